The third-order valence-corrected chi connectivity index (χ3v) is 7.09. The van der Waals surface area contributed by atoms with Crippen molar-refractivity contribution in [1.82, 2.24) is 14.3 Å². The van der Waals surface area contributed by atoms with Crippen molar-refractivity contribution < 1.29 is 22.7 Å². The quantitative estimate of drug-likeness (QED) is 0.381. The summed E-state index contributed by atoms with van der Waals surface area (Å²) in [6.45, 7) is 5.20. The van der Waals surface area contributed by atoms with Crippen molar-refractivity contribution in [3.63, 3.8) is 0 Å². The number of esters is 1. The van der Waals surface area contributed by atoms with Crippen LogP contribution in [-0.2, 0) is 14.8 Å². The summed E-state index contributed by atoms with van der Waals surface area (Å²) in [5.41, 5.74) is 1.15. The minimum atomic E-state index is -4.06. The number of rotatable bonds is 7. The van der Waals surface area contributed by atoms with Gasteiger partial charge in [0.15, 0.2) is 0 Å². The zero-order valence-corrected chi connectivity index (χ0v) is 19.7. The Balaban J connectivity index is 1.72. The highest BCUT2D eigenvalue weighted by molar-refractivity contribution is 7.92. The van der Waals surface area contributed by atoms with Crippen molar-refractivity contribution in [2.45, 2.75) is 25.7 Å². The summed E-state index contributed by atoms with van der Waals surface area (Å²) >= 11 is 1.12. The van der Waals surface area contributed by atoms with Crippen LogP contribution >= 0.6 is 11.5 Å². The second-order valence-corrected chi connectivity index (χ2v) is 9.44. The van der Waals surface area contributed by atoms with Gasteiger partial charge < -0.3 is 9.47 Å². The molecule has 0 saturated carbocycles. The van der Waals surface area contributed by atoms with Gasteiger partial charge in [-0.05, 0) is 68.2 Å². The Morgan fingerprint density at radius 2 is 1.88 bits per heavy atom. The average Bonchev–Trinajstić information content (AvgIpc) is 3.16. The van der Waals surface area contributed by atoms with Gasteiger partial charge in [-0.3, -0.25) is 9.71 Å². The second kappa shape index (κ2) is 9.12. The van der Waals surface area contributed by atoms with E-state index in [1.165, 1.54) is 12.3 Å². The zero-order chi connectivity index (χ0) is 23.6. The standard InChI is InChI=1S/C22H20N4O5S2/c1-4-30-22(27)17-12-24-21-19(14(3)25-32-21)20(17)26-33(28,29)18-6-5-16(11-13(18)2)31-15-7-9-23-10-8-15/h5-12H,4H2,1-3H3,(H,24,26). The Morgan fingerprint density at radius 1 is 1.12 bits per heavy atom. The molecule has 3 aromatic heterocycles. The van der Waals surface area contributed by atoms with Crippen LogP contribution in [0.2, 0.25) is 0 Å². The summed E-state index contributed by atoms with van der Waals surface area (Å²) in [5.74, 6) is 0.388. The number of anilines is 1. The molecule has 0 saturated heterocycles. The maximum Gasteiger partial charge on any atom is 0.341 e. The number of sulfonamides is 1. The smallest absolute Gasteiger partial charge is 0.341 e. The molecule has 0 atom stereocenters. The molecule has 0 aliphatic rings. The van der Waals surface area contributed by atoms with Crippen molar-refractivity contribution in [2.24, 2.45) is 0 Å². The van der Waals surface area contributed by atoms with Crippen LogP contribution in [0.15, 0.2) is 53.8 Å². The van der Waals surface area contributed by atoms with E-state index in [1.807, 2.05) is 0 Å². The van der Waals surface area contributed by atoms with Crippen molar-refractivity contribution in [1.29, 1.82) is 0 Å². The fraction of sp³-hybridized carbons (Fsp3) is 0.182. The van der Waals surface area contributed by atoms with E-state index < -0.39 is 16.0 Å². The minimum Gasteiger partial charge on any atom is -0.462 e. The minimum absolute atomic E-state index is 0.0199. The molecule has 4 rings (SSSR count). The van der Waals surface area contributed by atoms with Gasteiger partial charge in [-0.2, -0.15) is 4.37 Å². The summed E-state index contributed by atoms with van der Waals surface area (Å²) in [4.78, 5) is 21.2. The van der Waals surface area contributed by atoms with Crippen LogP contribution in [0.3, 0.4) is 0 Å². The Hall–Kier alpha value is -3.57. The topological polar surface area (TPSA) is 120 Å². The van der Waals surface area contributed by atoms with Gasteiger partial charge in [0, 0.05) is 18.6 Å². The lowest BCUT2D eigenvalue weighted by Gasteiger charge is -2.15. The van der Waals surface area contributed by atoms with Gasteiger partial charge >= 0.3 is 5.97 Å². The number of aryl methyl sites for hydroxylation is 2. The van der Waals surface area contributed by atoms with Crippen LogP contribution in [0, 0.1) is 13.8 Å². The predicted molar refractivity (Wildman–Crippen MR) is 124 cm³/mol. The number of pyridine rings is 2. The molecule has 1 aromatic carbocycles. The van der Waals surface area contributed by atoms with Crippen molar-refractivity contribution in [2.75, 3.05) is 11.3 Å². The summed E-state index contributed by atoms with van der Waals surface area (Å²) < 4.78 is 44.4. The van der Waals surface area contributed by atoms with Crippen LogP contribution in [-0.4, -0.2) is 35.3 Å². The molecule has 1 N–H and O–H groups in total. The molecule has 0 spiro atoms. The number of hydrogen-bond donors (Lipinski definition) is 1. The lowest BCUT2D eigenvalue weighted by atomic mass is 10.1. The molecule has 0 fully saturated rings. The molecular formula is C22H20N4O5S2. The summed E-state index contributed by atoms with van der Waals surface area (Å²) in [5, 5.41) is 0.462. The predicted octanol–water partition coefficient (Wildman–Crippen LogP) is 4.47. The number of aromatic nitrogens is 3. The van der Waals surface area contributed by atoms with Gasteiger partial charge in [0.2, 0.25) is 0 Å². The SMILES string of the molecule is CCOC(=O)c1cnc2snc(C)c2c1NS(=O)(=O)c1ccc(Oc2ccncc2)cc1C. The highest BCUT2D eigenvalue weighted by Gasteiger charge is 2.25. The van der Waals surface area contributed by atoms with Gasteiger partial charge in [-0.15, -0.1) is 0 Å². The van der Waals surface area contributed by atoms with E-state index in [9.17, 15) is 13.2 Å². The van der Waals surface area contributed by atoms with Crippen LogP contribution in [0.4, 0.5) is 5.69 Å². The molecule has 0 bridgehead atoms. The zero-order valence-electron chi connectivity index (χ0n) is 18.0. The van der Waals surface area contributed by atoms with Crippen LogP contribution in [0.1, 0.15) is 28.5 Å². The number of nitrogens with zero attached hydrogens (tertiary/aromatic N) is 3. The van der Waals surface area contributed by atoms with Gasteiger partial charge in [-0.1, -0.05) is 0 Å². The fourth-order valence-electron chi connectivity index (χ4n) is 3.24. The first-order valence-corrected chi connectivity index (χ1v) is 12.2. The van der Waals surface area contributed by atoms with Crippen molar-refractivity contribution >= 4 is 43.4 Å². The monoisotopic (exact) mass is 484 g/mol. The molecule has 9 nitrogen and oxygen atoms in total. The molecule has 170 valence electrons. The molecule has 0 amide bonds. The first kappa shape index (κ1) is 22.6. The van der Waals surface area contributed by atoms with Gasteiger partial charge in [0.1, 0.15) is 21.9 Å². The molecule has 11 heteroatoms. The van der Waals surface area contributed by atoms with Crippen molar-refractivity contribution in [3.05, 3.63) is 65.7 Å². The van der Waals surface area contributed by atoms with Crippen LogP contribution in [0.5, 0.6) is 11.5 Å². The number of nitrogens with one attached hydrogen (secondary N) is 1. The summed E-state index contributed by atoms with van der Waals surface area (Å²) in [6.07, 6.45) is 4.50. The number of benzene rings is 1. The number of fused-ring (bicyclic) bond motifs is 1. The molecule has 4 aromatic rings. The van der Waals surface area contributed by atoms with E-state index in [4.69, 9.17) is 9.47 Å². The molecule has 0 unspecified atom stereocenters. The maximum absolute atomic E-state index is 13.4. The highest BCUT2D eigenvalue weighted by Crippen LogP contribution is 2.34. The fourth-order valence-corrected chi connectivity index (χ4v) is 5.32. The first-order valence-electron chi connectivity index (χ1n) is 9.93. The van der Waals surface area contributed by atoms with Gasteiger partial charge in [-0.25, -0.2) is 18.2 Å². The largest absolute Gasteiger partial charge is 0.462 e. The molecule has 3 heterocycles. The average molecular weight is 485 g/mol. The third kappa shape index (κ3) is 4.64. The number of carbonyl (C=O) groups is 1. The normalized spacial score (nSPS) is 11.4. The van der Waals surface area contributed by atoms with Gasteiger partial charge in [0.05, 0.1) is 28.3 Å². The van der Waals surface area contributed by atoms with Gasteiger partial charge in [0.25, 0.3) is 10.0 Å². The molecule has 0 aliphatic carbocycles. The first-order chi connectivity index (χ1) is 15.8. The Morgan fingerprint density at radius 3 is 2.58 bits per heavy atom. The van der Waals surface area contributed by atoms with E-state index in [0.29, 0.717) is 33.0 Å². The van der Waals surface area contributed by atoms with Crippen LogP contribution in [0.25, 0.3) is 10.2 Å². The highest BCUT2D eigenvalue weighted by atomic mass is 32.2. The Labute approximate surface area is 194 Å². The second-order valence-electron chi connectivity index (χ2n) is 7.03. The maximum atomic E-state index is 13.4. The van der Waals surface area contributed by atoms with Crippen molar-refractivity contribution in [3.8, 4) is 11.5 Å². The lowest BCUT2D eigenvalue weighted by molar-refractivity contribution is 0.0527. The molecule has 0 radical (unpaired) electrons. The number of hydrogen-bond acceptors (Lipinski definition) is 9. The lowest BCUT2D eigenvalue weighted by Crippen LogP contribution is -2.18. The van der Waals surface area contributed by atoms with E-state index >= 15 is 0 Å². The summed E-state index contributed by atoms with van der Waals surface area (Å²) in [7, 11) is -4.06. The van der Waals surface area contributed by atoms with E-state index in [0.717, 1.165) is 11.5 Å². The molecule has 33 heavy (non-hydrogen) atoms. The summed E-state index contributed by atoms with van der Waals surface area (Å²) in [6, 6.07) is 8.04. The number of carbonyl (C=O) groups excluding carboxylic acids is 1. The number of ether oxygens (including phenoxy) is 2. The Kier molecular flexibility index (Phi) is 6.25. The Bertz CT molecular complexity index is 1440. The van der Waals surface area contributed by atoms with Crippen LogP contribution < -0.4 is 9.46 Å². The molecule has 0 aliphatic heterocycles. The molecular weight excluding hydrogens is 464 g/mol. The van der Waals surface area contributed by atoms with E-state index in [2.05, 4.69) is 19.1 Å². The van der Waals surface area contributed by atoms with E-state index in [-0.39, 0.29) is 22.8 Å². The third-order valence-electron chi connectivity index (χ3n) is 4.73. The van der Waals surface area contributed by atoms with E-state index in [1.54, 1.807) is 57.4 Å².